The number of anilines is 2. The number of fused-ring (bicyclic) bond motifs is 1. The first-order valence-electron chi connectivity index (χ1n) is 10.5. The van der Waals surface area contributed by atoms with Crippen LogP contribution < -0.4 is 10.6 Å². The van der Waals surface area contributed by atoms with E-state index in [0.717, 1.165) is 42.4 Å². The van der Waals surface area contributed by atoms with Gasteiger partial charge < -0.3 is 15.5 Å². The van der Waals surface area contributed by atoms with Gasteiger partial charge in [0.25, 0.3) is 5.91 Å². The molecule has 156 valence electrons. The van der Waals surface area contributed by atoms with E-state index in [-0.39, 0.29) is 18.4 Å². The lowest BCUT2D eigenvalue weighted by Crippen LogP contribution is -2.32. The van der Waals surface area contributed by atoms with E-state index >= 15 is 0 Å². The Morgan fingerprint density at radius 2 is 1.50 bits per heavy atom. The van der Waals surface area contributed by atoms with Crippen LogP contribution in [-0.4, -0.2) is 36.3 Å². The first kappa shape index (κ1) is 21.4. The molecule has 5 heteroatoms. The molecule has 30 heavy (non-hydrogen) atoms. The summed E-state index contributed by atoms with van der Waals surface area (Å²) in [4.78, 5) is 26.9. The monoisotopic (exact) mass is 403 g/mol. The Morgan fingerprint density at radius 1 is 0.833 bits per heavy atom. The summed E-state index contributed by atoms with van der Waals surface area (Å²) < 4.78 is 0. The molecule has 0 radical (unpaired) electrons. The number of nitrogens with one attached hydrogen (secondary N) is 2. The smallest absolute Gasteiger partial charge is 0.253 e. The predicted molar refractivity (Wildman–Crippen MR) is 124 cm³/mol. The number of carbonyl (C=O) groups is 2. The van der Waals surface area contributed by atoms with Crippen LogP contribution in [0.4, 0.5) is 11.4 Å². The molecule has 2 N–H and O–H groups in total. The van der Waals surface area contributed by atoms with E-state index in [1.165, 1.54) is 0 Å². The van der Waals surface area contributed by atoms with E-state index in [0.29, 0.717) is 11.3 Å². The first-order valence-corrected chi connectivity index (χ1v) is 10.5. The minimum absolute atomic E-state index is 0.0363. The minimum atomic E-state index is -0.138. The summed E-state index contributed by atoms with van der Waals surface area (Å²) in [6.07, 6.45) is 1.87. The maximum Gasteiger partial charge on any atom is 0.253 e. The fourth-order valence-electron chi connectivity index (χ4n) is 3.49. The van der Waals surface area contributed by atoms with Crippen molar-refractivity contribution < 1.29 is 9.59 Å². The lowest BCUT2D eigenvalue weighted by molar-refractivity contribution is -0.114. The highest BCUT2D eigenvalue weighted by atomic mass is 16.2. The lowest BCUT2D eigenvalue weighted by atomic mass is 10.1. The zero-order valence-electron chi connectivity index (χ0n) is 17.7. The normalized spacial score (nSPS) is 10.6. The Bertz CT molecular complexity index is 987. The van der Waals surface area contributed by atoms with Gasteiger partial charge in [0.2, 0.25) is 5.91 Å². The van der Waals surface area contributed by atoms with E-state index in [1.807, 2.05) is 47.4 Å². The van der Waals surface area contributed by atoms with Crippen LogP contribution in [0.1, 0.15) is 37.0 Å². The molecule has 0 spiro atoms. The van der Waals surface area contributed by atoms with Gasteiger partial charge in [-0.15, -0.1) is 0 Å². The quantitative estimate of drug-likeness (QED) is 0.519. The largest absolute Gasteiger partial charge is 0.376 e. The molecule has 0 aliphatic heterocycles. The van der Waals surface area contributed by atoms with Gasteiger partial charge in [-0.3, -0.25) is 9.59 Å². The SMILES string of the molecule is CCCN(CCC)C(=O)c1ccc(NC(=O)CNc2cccc3ccccc23)cc1. The van der Waals surface area contributed by atoms with Gasteiger partial charge in [-0.2, -0.15) is 0 Å². The topological polar surface area (TPSA) is 61.4 Å². The molecule has 0 atom stereocenters. The van der Waals surface area contributed by atoms with E-state index in [1.54, 1.807) is 24.3 Å². The van der Waals surface area contributed by atoms with Crippen molar-refractivity contribution in [3.05, 3.63) is 72.3 Å². The van der Waals surface area contributed by atoms with Crippen molar-refractivity contribution in [3.63, 3.8) is 0 Å². The maximum atomic E-state index is 12.7. The van der Waals surface area contributed by atoms with Crippen LogP contribution in [0.15, 0.2) is 66.7 Å². The maximum absolute atomic E-state index is 12.7. The van der Waals surface area contributed by atoms with E-state index in [4.69, 9.17) is 0 Å². The van der Waals surface area contributed by atoms with Crippen LogP contribution in [0.5, 0.6) is 0 Å². The third kappa shape index (κ3) is 5.38. The summed E-state index contributed by atoms with van der Waals surface area (Å²) >= 11 is 0. The molecule has 0 heterocycles. The predicted octanol–water partition coefficient (Wildman–Crippen LogP) is 5.15. The molecule has 2 amide bonds. The van der Waals surface area contributed by atoms with Gasteiger partial charge in [-0.1, -0.05) is 50.2 Å². The molecule has 3 aromatic rings. The molecule has 0 bridgehead atoms. The molecule has 0 aromatic heterocycles. The van der Waals surface area contributed by atoms with Gasteiger partial charge in [-0.25, -0.2) is 0 Å². The van der Waals surface area contributed by atoms with Crippen molar-refractivity contribution in [3.8, 4) is 0 Å². The van der Waals surface area contributed by atoms with Gasteiger partial charge in [0, 0.05) is 35.4 Å². The third-order valence-electron chi connectivity index (χ3n) is 4.92. The molecule has 0 unspecified atom stereocenters. The van der Waals surface area contributed by atoms with Crippen LogP contribution >= 0.6 is 0 Å². The highest BCUT2D eigenvalue weighted by molar-refractivity contribution is 5.98. The van der Waals surface area contributed by atoms with Crippen LogP contribution in [-0.2, 0) is 4.79 Å². The van der Waals surface area contributed by atoms with Crippen molar-refractivity contribution in [2.24, 2.45) is 0 Å². The highest BCUT2D eigenvalue weighted by Crippen LogP contribution is 2.22. The summed E-state index contributed by atoms with van der Waals surface area (Å²) in [5.41, 5.74) is 2.24. The molecule has 0 aliphatic carbocycles. The number of benzene rings is 3. The molecular formula is C25H29N3O2. The number of rotatable bonds is 9. The average molecular weight is 404 g/mol. The number of hydrogen-bond acceptors (Lipinski definition) is 3. The zero-order chi connectivity index (χ0) is 21.3. The number of carbonyl (C=O) groups excluding carboxylic acids is 2. The molecule has 0 saturated carbocycles. The Balaban J connectivity index is 1.58. The zero-order valence-corrected chi connectivity index (χ0v) is 17.7. The molecule has 0 aliphatic rings. The lowest BCUT2D eigenvalue weighted by Gasteiger charge is -2.21. The van der Waals surface area contributed by atoms with Crippen molar-refractivity contribution in [1.82, 2.24) is 4.90 Å². The Kier molecular flexibility index (Phi) is 7.44. The van der Waals surface area contributed by atoms with Crippen LogP contribution in [0, 0.1) is 0 Å². The molecular weight excluding hydrogens is 374 g/mol. The van der Waals surface area contributed by atoms with Crippen molar-refractivity contribution in [2.75, 3.05) is 30.3 Å². The van der Waals surface area contributed by atoms with Gasteiger partial charge in [0.15, 0.2) is 0 Å². The standard InChI is InChI=1S/C25H29N3O2/c1-3-16-28(17-4-2)25(30)20-12-14-21(15-13-20)27-24(29)18-26-23-11-7-9-19-8-5-6-10-22(19)23/h5-15,26H,3-4,16-18H2,1-2H3,(H,27,29). The van der Waals surface area contributed by atoms with Crippen LogP contribution in [0.3, 0.4) is 0 Å². The number of hydrogen-bond donors (Lipinski definition) is 2. The van der Waals surface area contributed by atoms with E-state index in [2.05, 4.69) is 24.5 Å². The molecule has 3 rings (SSSR count). The Morgan fingerprint density at radius 3 is 2.20 bits per heavy atom. The van der Waals surface area contributed by atoms with Gasteiger partial charge in [0.05, 0.1) is 6.54 Å². The van der Waals surface area contributed by atoms with Crippen LogP contribution in [0.2, 0.25) is 0 Å². The summed E-state index contributed by atoms with van der Waals surface area (Å²) in [6, 6.07) is 21.1. The second kappa shape index (κ2) is 10.4. The van der Waals surface area contributed by atoms with Gasteiger partial charge >= 0.3 is 0 Å². The van der Waals surface area contributed by atoms with E-state index in [9.17, 15) is 9.59 Å². The number of amides is 2. The second-order valence-electron chi connectivity index (χ2n) is 7.30. The molecule has 5 nitrogen and oxygen atoms in total. The molecule has 0 fully saturated rings. The molecule has 0 saturated heterocycles. The Labute approximate surface area is 178 Å². The highest BCUT2D eigenvalue weighted by Gasteiger charge is 2.14. The summed E-state index contributed by atoms with van der Waals surface area (Å²) in [5, 5.41) is 8.30. The fraction of sp³-hybridized carbons (Fsp3) is 0.280. The first-order chi connectivity index (χ1) is 14.6. The van der Waals surface area contributed by atoms with Crippen LogP contribution in [0.25, 0.3) is 10.8 Å². The summed E-state index contributed by atoms with van der Waals surface area (Å²) in [6.45, 7) is 5.81. The van der Waals surface area contributed by atoms with Gasteiger partial charge in [-0.05, 0) is 48.6 Å². The molecule has 3 aromatic carbocycles. The second-order valence-corrected chi connectivity index (χ2v) is 7.30. The van der Waals surface area contributed by atoms with Crippen molar-refractivity contribution in [1.29, 1.82) is 0 Å². The third-order valence-corrected chi connectivity index (χ3v) is 4.92. The Hall–Kier alpha value is -3.34. The minimum Gasteiger partial charge on any atom is -0.376 e. The number of nitrogens with zero attached hydrogens (tertiary/aromatic N) is 1. The average Bonchev–Trinajstić information content (AvgIpc) is 2.77. The van der Waals surface area contributed by atoms with Gasteiger partial charge in [0.1, 0.15) is 0 Å². The summed E-state index contributed by atoms with van der Waals surface area (Å²) in [7, 11) is 0. The fourth-order valence-corrected chi connectivity index (χ4v) is 3.49. The van der Waals surface area contributed by atoms with E-state index < -0.39 is 0 Å². The van der Waals surface area contributed by atoms with Crippen molar-refractivity contribution >= 4 is 34.0 Å². The summed E-state index contributed by atoms with van der Waals surface area (Å²) in [5.74, 6) is -0.102. The van der Waals surface area contributed by atoms with Crippen molar-refractivity contribution in [2.45, 2.75) is 26.7 Å².